The molecular formula is C43H39N. The number of hydrogen-bond donors (Lipinski definition) is 0. The minimum Gasteiger partial charge on any atom is -0.309 e. The molecule has 6 aromatic carbocycles. The number of para-hydroxylation sites is 2. The van der Waals surface area contributed by atoms with Crippen LogP contribution in [0.2, 0.25) is 0 Å². The molecule has 0 bridgehead atoms. The third kappa shape index (κ3) is 4.29. The van der Waals surface area contributed by atoms with Gasteiger partial charge in [-0.15, -0.1) is 0 Å². The molecule has 0 N–H and O–H groups in total. The molecule has 0 atom stereocenters. The Bertz CT molecular complexity index is 1970. The zero-order valence-electron chi connectivity index (χ0n) is 25.8. The van der Waals surface area contributed by atoms with E-state index in [9.17, 15) is 0 Å². The highest BCUT2D eigenvalue weighted by molar-refractivity contribution is 6.04. The summed E-state index contributed by atoms with van der Waals surface area (Å²) in [4.78, 5) is 2.51. The van der Waals surface area contributed by atoms with Gasteiger partial charge in [0.2, 0.25) is 0 Å². The second-order valence-electron chi connectivity index (χ2n) is 13.1. The summed E-state index contributed by atoms with van der Waals surface area (Å²) in [6, 6.07) is 49.7. The fourth-order valence-corrected chi connectivity index (χ4v) is 8.15. The van der Waals surface area contributed by atoms with E-state index in [1.165, 1.54) is 98.9 Å². The van der Waals surface area contributed by atoms with Gasteiger partial charge in [0.05, 0.1) is 11.4 Å². The molecule has 0 aliphatic heterocycles. The quantitative estimate of drug-likeness (QED) is 0.200. The molecule has 0 radical (unpaired) electrons. The van der Waals surface area contributed by atoms with E-state index in [2.05, 4.69) is 152 Å². The Balaban J connectivity index is 1.40. The maximum atomic E-state index is 2.51. The van der Waals surface area contributed by atoms with Gasteiger partial charge >= 0.3 is 0 Å². The van der Waals surface area contributed by atoms with Crippen LogP contribution in [-0.4, -0.2) is 0 Å². The fraction of sp³-hybridized carbons (Fsp3) is 0.209. The largest absolute Gasteiger partial charge is 0.309 e. The highest BCUT2D eigenvalue weighted by Gasteiger charge is 2.38. The average Bonchev–Trinajstić information content (AvgIpc) is 3.32. The zero-order valence-corrected chi connectivity index (χ0v) is 25.8. The van der Waals surface area contributed by atoms with E-state index in [-0.39, 0.29) is 5.41 Å². The molecule has 0 heterocycles. The van der Waals surface area contributed by atoms with Crippen LogP contribution in [0.15, 0.2) is 133 Å². The standard InChI is InChI=1S/C43H39N/c1-43(2)37-26-11-9-23-36(37)42-38(43)27-15-29-40(42)44(32-20-7-4-8-21-32)39-28-12-10-22-34(39)35-25-14-19-31-18-13-24-33(41(31)35)30-16-5-3-6-17-30/h4,7-15,18-30H,3,5-6,16-17H2,1-2H3. The summed E-state index contributed by atoms with van der Waals surface area (Å²) in [5, 5.41) is 2.76. The molecular weight excluding hydrogens is 530 g/mol. The summed E-state index contributed by atoms with van der Waals surface area (Å²) in [6.45, 7) is 4.73. The van der Waals surface area contributed by atoms with Crippen LogP contribution in [0, 0.1) is 0 Å². The number of anilines is 3. The Morgan fingerprint density at radius 3 is 1.95 bits per heavy atom. The van der Waals surface area contributed by atoms with Gasteiger partial charge in [-0.25, -0.2) is 0 Å². The van der Waals surface area contributed by atoms with Crippen molar-refractivity contribution in [3.63, 3.8) is 0 Å². The number of nitrogens with zero attached hydrogens (tertiary/aromatic N) is 1. The van der Waals surface area contributed by atoms with Crippen molar-refractivity contribution in [1.82, 2.24) is 0 Å². The topological polar surface area (TPSA) is 3.24 Å². The van der Waals surface area contributed by atoms with Crippen LogP contribution in [-0.2, 0) is 5.41 Å². The van der Waals surface area contributed by atoms with Crippen LogP contribution in [0.4, 0.5) is 17.1 Å². The Morgan fingerprint density at radius 1 is 0.523 bits per heavy atom. The highest BCUT2D eigenvalue weighted by Crippen LogP contribution is 2.55. The van der Waals surface area contributed by atoms with Crippen LogP contribution < -0.4 is 4.90 Å². The maximum Gasteiger partial charge on any atom is 0.0543 e. The second-order valence-corrected chi connectivity index (χ2v) is 13.1. The summed E-state index contributed by atoms with van der Waals surface area (Å²) in [5.74, 6) is 0.627. The lowest BCUT2D eigenvalue weighted by Gasteiger charge is -2.31. The highest BCUT2D eigenvalue weighted by atomic mass is 15.1. The van der Waals surface area contributed by atoms with Crippen molar-refractivity contribution in [1.29, 1.82) is 0 Å². The minimum atomic E-state index is -0.0612. The Morgan fingerprint density at radius 2 is 1.14 bits per heavy atom. The van der Waals surface area contributed by atoms with Gasteiger partial charge < -0.3 is 4.90 Å². The first-order valence-electron chi connectivity index (χ1n) is 16.3. The monoisotopic (exact) mass is 569 g/mol. The molecule has 0 saturated heterocycles. The van der Waals surface area contributed by atoms with E-state index in [0.29, 0.717) is 5.92 Å². The summed E-state index contributed by atoms with van der Waals surface area (Å²) in [5.41, 5.74) is 13.1. The van der Waals surface area contributed by atoms with Crippen LogP contribution in [0.25, 0.3) is 33.0 Å². The van der Waals surface area contributed by atoms with E-state index in [1.807, 2.05) is 0 Å². The third-order valence-corrected chi connectivity index (χ3v) is 10.3. The first kappa shape index (κ1) is 27.0. The molecule has 6 aromatic rings. The molecule has 216 valence electrons. The molecule has 1 saturated carbocycles. The first-order valence-corrected chi connectivity index (χ1v) is 16.3. The van der Waals surface area contributed by atoms with E-state index in [4.69, 9.17) is 0 Å². The lowest BCUT2D eigenvalue weighted by Crippen LogP contribution is -2.16. The van der Waals surface area contributed by atoms with Crippen molar-refractivity contribution in [3.8, 4) is 22.3 Å². The minimum absolute atomic E-state index is 0.0612. The smallest absolute Gasteiger partial charge is 0.0543 e. The predicted molar refractivity (Wildman–Crippen MR) is 187 cm³/mol. The molecule has 2 aliphatic rings. The second kappa shape index (κ2) is 10.8. The van der Waals surface area contributed by atoms with Crippen LogP contribution in [0.1, 0.15) is 68.6 Å². The molecule has 1 heteroatoms. The number of hydrogen-bond acceptors (Lipinski definition) is 1. The van der Waals surface area contributed by atoms with Gasteiger partial charge in [-0.1, -0.05) is 142 Å². The Hall–Kier alpha value is -4.62. The van der Waals surface area contributed by atoms with Crippen molar-refractivity contribution >= 4 is 27.8 Å². The van der Waals surface area contributed by atoms with E-state index < -0.39 is 0 Å². The molecule has 0 spiro atoms. The van der Waals surface area contributed by atoms with Crippen molar-refractivity contribution in [2.45, 2.75) is 57.3 Å². The Labute approximate surface area is 261 Å². The summed E-state index contributed by atoms with van der Waals surface area (Å²) in [7, 11) is 0. The normalized spacial score (nSPS) is 15.6. The lowest BCUT2D eigenvalue weighted by atomic mass is 9.80. The number of benzene rings is 6. The van der Waals surface area contributed by atoms with E-state index in [0.717, 1.165) is 0 Å². The number of fused-ring (bicyclic) bond motifs is 4. The zero-order chi connectivity index (χ0) is 29.7. The molecule has 8 rings (SSSR count). The molecule has 2 aliphatic carbocycles. The predicted octanol–water partition coefficient (Wildman–Crippen LogP) is 12.3. The van der Waals surface area contributed by atoms with Gasteiger partial charge in [0.25, 0.3) is 0 Å². The Kier molecular flexibility index (Phi) is 6.64. The molecule has 0 unspecified atom stereocenters. The third-order valence-electron chi connectivity index (χ3n) is 10.3. The van der Waals surface area contributed by atoms with Crippen molar-refractivity contribution in [3.05, 3.63) is 150 Å². The van der Waals surface area contributed by atoms with E-state index in [1.54, 1.807) is 0 Å². The van der Waals surface area contributed by atoms with Crippen LogP contribution in [0.3, 0.4) is 0 Å². The summed E-state index contributed by atoms with van der Waals surface area (Å²) < 4.78 is 0. The summed E-state index contributed by atoms with van der Waals surface area (Å²) in [6.07, 6.45) is 6.61. The van der Waals surface area contributed by atoms with Gasteiger partial charge in [0.15, 0.2) is 0 Å². The van der Waals surface area contributed by atoms with Crippen LogP contribution >= 0.6 is 0 Å². The van der Waals surface area contributed by atoms with Crippen molar-refractivity contribution in [2.24, 2.45) is 0 Å². The molecule has 1 fully saturated rings. The maximum absolute atomic E-state index is 2.51. The van der Waals surface area contributed by atoms with Crippen molar-refractivity contribution in [2.75, 3.05) is 4.90 Å². The van der Waals surface area contributed by atoms with Gasteiger partial charge in [-0.05, 0) is 81.6 Å². The SMILES string of the molecule is CC1(C)c2ccccc2-c2c(N(c3ccccc3)c3ccccc3-c3cccc4cccc(C5CCCCC5)c34)cccc21. The number of rotatable bonds is 5. The van der Waals surface area contributed by atoms with Gasteiger partial charge in [0.1, 0.15) is 0 Å². The molecule has 0 aromatic heterocycles. The van der Waals surface area contributed by atoms with E-state index >= 15 is 0 Å². The molecule has 44 heavy (non-hydrogen) atoms. The van der Waals surface area contributed by atoms with Gasteiger partial charge in [-0.3, -0.25) is 0 Å². The molecule has 1 nitrogen and oxygen atoms in total. The lowest BCUT2D eigenvalue weighted by molar-refractivity contribution is 0.445. The summed E-state index contributed by atoms with van der Waals surface area (Å²) >= 11 is 0. The van der Waals surface area contributed by atoms with Crippen LogP contribution in [0.5, 0.6) is 0 Å². The average molecular weight is 570 g/mol. The van der Waals surface area contributed by atoms with Gasteiger partial charge in [0, 0.05) is 22.2 Å². The first-order chi connectivity index (χ1) is 21.6. The fourth-order valence-electron chi connectivity index (χ4n) is 8.15. The van der Waals surface area contributed by atoms with Crippen molar-refractivity contribution < 1.29 is 0 Å². The molecule has 0 amide bonds. The van der Waals surface area contributed by atoms with Gasteiger partial charge in [-0.2, -0.15) is 0 Å².